The number of benzene rings is 3. The molecule has 1 heterocycles. The Kier molecular flexibility index (Phi) is 5.68. The van der Waals surface area contributed by atoms with Gasteiger partial charge in [-0.2, -0.15) is 4.98 Å². The van der Waals surface area contributed by atoms with Crippen molar-refractivity contribution in [1.82, 2.24) is 15.3 Å². The van der Waals surface area contributed by atoms with Crippen LogP contribution in [0.2, 0.25) is 0 Å². The van der Waals surface area contributed by atoms with Crippen LogP contribution < -0.4 is 10.1 Å². The van der Waals surface area contributed by atoms with E-state index in [4.69, 9.17) is 4.74 Å². The number of carbonyl (C=O) groups excluding carboxylic acids is 1. The summed E-state index contributed by atoms with van der Waals surface area (Å²) in [5.74, 6) is 1.19. The second-order valence-electron chi connectivity index (χ2n) is 6.92. The summed E-state index contributed by atoms with van der Waals surface area (Å²) in [4.78, 5) is 21.6. The Hall–Kier alpha value is -3.77. The van der Waals surface area contributed by atoms with E-state index in [2.05, 4.69) is 15.3 Å². The molecule has 0 aliphatic carbocycles. The molecule has 4 rings (SSSR count). The molecule has 1 unspecified atom stereocenters. The summed E-state index contributed by atoms with van der Waals surface area (Å²) >= 11 is 0. The maximum absolute atomic E-state index is 12.3. The van der Waals surface area contributed by atoms with Gasteiger partial charge in [-0.3, -0.25) is 4.79 Å². The van der Waals surface area contributed by atoms with Gasteiger partial charge in [0.15, 0.2) is 5.82 Å². The third-order valence-electron chi connectivity index (χ3n) is 4.47. The van der Waals surface area contributed by atoms with E-state index in [0.29, 0.717) is 23.0 Å². The van der Waals surface area contributed by atoms with Gasteiger partial charge < -0.3 is 15.2 Å². The standard InChI is InChI=1S/C24H21N3O3/c1-16(28)15-25-23(29)18-10-7-11-19(14-18)30-24-20-12-5-6-13-21(20)26-22(27-24)17-8-3-2-4-9-17/h2-14,16,28H,15H2,1H3,(H,25,29). The van der Waals surface area contributed by atoms with E-state index in [1.165, 1.54) is 0 Å². The molecule has 6 heteroatoms. The number of fused-ring (bicyclic) bond motifs is 1. The number of hydrogen-bond donors (Lipinski definition) is 2. The van der Waals surface area contributed by atoms with Crippen LogP contribution in [0.4, 0.5) is 0 Å². The highest BCUT2D eigenvalue weighted by atomic mass is 16.5. The molecule has 0 fully saturated rings. The summed E-state index contributed by atoms with van der Waals surface area (Å²) in [6, 6.07) is 24.2. The van der Waals surface area contributed by atoms with E-state index >= 15 is 0 Å². The first kappa shape index (κ1) is 19.5. The second kappa shape index (κ2) is 8.71. The van der Waals surface area contributed by atoms with E-state index in [0.717, 1.165) is 16.5 Å². The molecule has 2 N–H and O–H groups in total. The van der Waals surface area contributed by atoms with Gasteiger partial charge in [-0.25, -0.2) is 4.98 Å². The van der Waals surface area contributed by atoms with Crippen molar-refractivity contribution in [3.8, 4) is 23.0 Å². The number of nitrogens with one attached hydrogen (secondary N) is 1. The minimum Gasteiger partial charge on any atom is -0.438 e. The van der Waals surface area contributed by atoms with Crippen LogP contribution in [0.15, 0.2) is 78.9 Å². The number of aromatic nitrogens is 2. The monoisotopic (exact) mass is 399 g/mol. The van der Waals surface area contributed by atoms with Crippen LogP contribution in [0.3, 0.4) is 0 Å². The molecule has 4 aromatic rings. The Balaban J connectivity index is 1.68. The molecule has 3 aromatic carbocycles. The minimum atomic E-state index is -0.614. The zero-order chi connectivity index (χ0) is 20.9. The Morgan fingerprint density at radius 3 is 2.57 bits per heavy atom. The van der Waals surface area contributed by atoms with Gasteiger partial charge in [0.25, 0.3) is 5.91 Å². The Morgan fingerprint density at radius 1 is 1.00 bits per heavy atom. The first-order chi connectivity index (χ1) is 14.6. The maximum atomic E-state index is 12.3. The number of rotatable bonds is 6. The van der Waals surface area contributed by atoms with Crippen LogP contribution in [0.5, 0.6) is 11.6 Å². The molecule has 0 radical (unpaired) electrons. The molecule has 1 amide bonds. The number of aliphatic hydroxyl groups excluding tert-OH is 1. The maximum Gasteiger partial charge on any atom is 0.251 e. The molecule has 1 atom stereocenters. The molecule has 1 aromatic heterocycles. The Labute approximate surface area is 174 Å². The largest absolute Gasteiger partial charge is 0.438 e. The van der Waals surface area contributed by atoms with Crippen LogP contribution in [0.25, 0.3) is 22.3 Å². The molecular formula is C24H21N3O3. The van der Waals surface area contributed by atoms with E-state index < -0.39 is 6.10 Å². The molecule has 150 valence electrons. The minimum absolute atomic E-state index is 0.181. The van der Waals surface area contributed by atoms with Gasteiger partial charge in [-0.1, -0.05) is 48.5 Å². The van der Waals surface area contributed by atoms with Crippen molar-refractivity contribution in [2.24, 2.45) is 0 Å². The number of ether oxygens (including phenoxy) is 1. The SMILES string of the molecule is CC(O)CNC(=O)c1cccc(Oc2nc(-c3ccccc3)nc3ccccc23)c1. The van der Waals surface area contributed by atoms with E-state index in [9.17, 15) is 9.90 Å². The fourth-order valence-electron chi connectivity index (χ4n) is 3.00. The quantitative estimate of drug-likeness (QED) is 0.508. The predicted octanol–water partition coefficient (Wildman–Crippen LogP) is 4.20. The highest BCUT2D eigenvalue weighted by Gasteiger charge is 2.13. The van der Waals surface area contributed by atoms with Crippen molar-refractivity contribution >= 4 is 16.8 Å². The van der Waals surface area contributed by atoms with Gasteiger partial charge in [0.2, 0.25) is 5.88 Å². The Bertz CT molecular complexity index is 1180. The number of nitrogens with zero attached hydrogens (tertiary/aromatic N) is 2. The average molecular weight is 399 g/mol. The third kappa shape index (κ3) is 4.45. The Morgan fingerprint density at radius 2 is 1.77 bits per heavy atom. The normalized spacial score (nSPS) is 11.8. The first-order valence-corrected chi connectivity index (χ1v) is 9.66. The van der Waals surface area contributed by atoms with Crippen LogP contribution in [0, 0.1) is 0 Å². The van der Waals surface area contributed by atoms with Crippen LogP contribution >= 0.6 is 0 Å². The lowest BCUT2D eigenvalue weighted by Crippen LogP contribution is -2.30. The van der Waals surface area contributed by atoms with E-state index in [1.807, 2.05) is 54.6 Å². The van der Waals surface area contributed by atoms with Gasteiger partial charge in [0.1, 0.15) is 5.75 Å². The fourth-order valence-corrected chi connectivity index (χ4v) is 3.00. The highest BCUT2D eigenvalue weighted by molar-refractivity contribution is 5.94. The smallest absolute Gasteiger partial charge is 0.251 e. The van der Waals surface area contributed by atoms with Crippen molar-refractivity contribution in [2.45, 2.75) is 13.0 Å². The average Bonchev–Trinajstić information content (AvgIpc) is 2.78. The fraction of sp³-hybridized carbons (Fsp3) is 0.125. The molecular weight excluding hydrogens is 378 g/mol. The predicted molar refractivity (Wildman–Crippen MR) is 116 cm³/mol. The molecule has 0 bridgehead atoms. The van der Waals surface area contributed by atoms with Crippen LogP contribution in [-0.2, 0) is 0 Å². The van der Waals surface area contributed by atoms with Gasteiger partial charge >= 0.3 is 0 Å². The second-order valence-corrected chi connectivity index (χ2v) is 6.92. The number of hydrogen-bond acceptors (Lipinski definition) is 5. The zero-order valence-corrected chi connectivity index (χ0v) is 16.4. The number of para-hydroxylation sites is 1. The van der Waals surface area contributed by atoms with E-state index in [1.54, 1.807) is 31.2 Å². The summed E-state index contributed by atoms with van der Waals surface area (Å²) < 4.78 is 6.09. The molecule has 0 aliphatic rings. The van der Waals surface area contributed by atoms with Crippen molar-refractivity contribution in [3.05, 3.63) is 84.4 Å². The lowest BCUT2D eigenvalue weighted by molar-refractivity contribution is 0.0923. The van der Waals surface area contributed by atoms with Crippen molar-refractivity contribution in [3.63, 3.8) is 0 Å². The summed E-state index contributed by atoms with van der Waals surface area (Å²) in [5, 5.41) is 12.8. The van der Waals surface area contributed by atoms with Crippen molar-refractivity contribution in [2.75, 3.05) is 6.54 Å². The molecule has 0 saturated heterocycles. The number of carbonyl (C=O) groups is 1. The zero-order valence-electron chi connectivity index (χ0n) is 16.4. The molecule has 6 nitrogen and oxygen atoms in total. The number of amides is 1. The van der Waals surface area contributed by atoms with Crippen LogP contribution in [-0.4, -0.2) is 33.6 Å². The van der Waals surface area contributed by atoms with Crippen molar-refractivity contribution < 1.29 is 14.6 Å². The molecule has 0 saturated carbocycles. The summed E-state index contributed by atoms with van der Waals surface area (Å²) in [5.41, 5.74) is 2.10. The first-order valence-electron chi connectivity index (χ1n) is 9.66. The summed E-state index contributed by atoms with van der Waals surface area (Å²) in [7, 11) is 0. The summed E-state index contributed by atoms with van der Waals surface area (Å²) in [6.07, 6.45) is -0.614. The molecule has 0 spiro atoms. The van der Waals surface area contributed by atoms with E-state index in [-0.39, 0.29) is 12.5 Å². The third-order valence-corrected chi connectivity index (χ3v) is 4.47. The number of aliphatic hydroxyl groups is 1. The molecule has 0 aliphatic heterocycles. The van der Waals surface area contributed by atoms with Gasteiger partial charge in [-0.15, -0.1) is 0 Å². The lowest BCUT2D eigenvalue weighted by atomic mass is 10.2. The topological polar surface area (TPSA) is 84.3 Å². The van der Waals surface area contributed by atoms with Gasteiger partial charge in [-0.05, 0) is 37.3 Å². The van der Waals surface area contributed by atoms with Gasteiger partial charge in [0.05, 0.1) is 17.0 Å². The summed E-state index contributed by atoms with van der Waals surface area (Å²) in [6.45, 7) is 1.80. The highest BCUT2D eigenvalue weighted by Crippen LogP contribution is 2.30. The van der Waals surface area contributed by atoms with Crippen molar-refractivity contribution in [1.29, 1.82) is 0 Å². The van der Waals surface area contributed by atoms with Gasteiger partial charge in [0, 0.05) is 17.7 Å². The molecule has 30 heavy (non-hydrogen) atoms. The van der Waals surface area contributed by atoms with Crippen LogP contribution in [0.1, 0.15) is 17.3 Å². The lowest BCUT2D eigenvalue weighted by Gasteiger charge is -2.11.